The fraction of sp³-hybridized carbons (Fsp3) is 0.327. The summed E-state index contributed by atoms with van der Waals surface area (Å²) in [5.41, 5.74) is 13.7. The third-order valence-electron chi connectivity index (χ3n) is 12.0. The van der Waals surface area contributed by atoms with Gasteiger partial charge < -0.3 is 5.32 Å². The van der Waals surface area contributed by atoms with E-state index in [2.05, 4.69) is 214 Å². The molecule has 6 aromatic carbocycles. The van der Waals surface area contributed by atoms with Gasteiger partial charge in [0.25, 0.3) is 0 Å². The molecule has 1 aliphatic carbocycles. The summed E-state index contributed by atoms with van der Waals surface area (Å²) in [6, 6.07) is 56.8. The summed E-state index contributed by atoms with van der Waals surface area (Å²) in [4.78, 5) is 2.49. The van der Waals surface area contributed by atoms with Crippen molar-refractivity contribution in [2.24, 2.45) is 0 Å². The molecule has 5 heteroatoms. The summed E-state index contributed by atoms with van der Waals surface area (Å²) in [7, 11) is 6.02. The number of anilines is 1. The first-order chi connectivity index (χ1) is 29.0. The van der Waals surface area contributed by atoms with Crippen molar-refractivity contribution in [3.8, 4) is 0 Å². The quantitative estimate of drug-likeness (QED) is 0.0769. The van der Waals surface area contributed by atoms with E-state index in [1.165, 1.54) is 55.8 Å². The minimum atomic E-state index is -0.216. The molecule has 0 heterocycles. The van der Waals surface area contributed by atoms with Crippen molar-refractivity contribution < 1.29 is 15.7 Å². The number of nitrogens with zero attached hydrogens (tertiary/aromatic N) is 1. The molecule has 1 aliphatic rings. The van der Waals surface area contributed by atoms with Gasteiger partial charge in [-0.25, -0.2) is 0 Å². The number of rotatable bonds is 16. The average Bonchev–Trinajstić information content (AvgIpc) is 3.55. The van der Waals surface area contributed by atoms with Crippen molar-refractivity contribution in [3.05, 3.63) is 208 Å². The van der Waals surface area contributed by atoms with Crippen LogP contribution in [0.25, 0.3) is 0 Å². The molecule has 0 bridgehead atoms. The molecule has 1 N–H and O–H groups in total. The van der Waals surface area contributed by atoms with Gasteiger partial charge in [-0.2, -0.15) is 0 Å². The molecule has 2 atom stereocenters. The van der Waals surface area contributed by atoms with Gasteiger partial charge in [0.15, 0.2) is 0 Å². The van der Waals surface area contributed by atoms with E-state index in [1.54, 1.807) is 0 Å². The van der Waals surface area contributed by atoms with Crippen molar-refractivity contribution in [1.29, 1.82) is 0 Å². The van der Waals surface area contributed by atoms with Crippen LogP contribution in [0, 0.1) is 0 Å². The fourth-order valence-electron chi connectivity index (χ4n) is 9.39. The summed E-state index contributed by atoms with van der Waals surface area (Å²) >= 11 is 6.32. The van der Waals surface area contributed by atoms with Gasteiger partial charge in [-0.05, 0) is 78.2 Å². The van der Waals surface area contributed by atoms with Gasteiger partial charge >= 0.3 is 162 Å². The Hall–Kier alpha value is -3.85. The Morgan fingerprint density at radius 2 is 1.22 bits per heavy atom. The Bertz CT molecular complexity index is 2190. The summed E-state index contributed by atoms with van der Waals surface area (Å²) in [5, 5.41) is 4.07. The molecule has 0 amide bonds. The van der Waals surface area contributed by atoms with E-state index < -0.39 is 0 Å². The number of para-hydroxylation sites is 1. The van der Waals surface area contributed by atoms with Crippen molar-refractivity contribution in [2.75, 3.05) is 11.2 Å². The van der Waals surface area contributed by atoms with E-state index in [0.717, 1.165) is 38.9 Å². The second-order valence-corrected chi connectivity index (χ2v) is 19.9. The average molecular weight is 924 g/mol. The number of nitrogens with one attached hydrogen (secondary N) is 1. The standard InChI is InChI=1S/C33H42ClN.C22H21N.ClH.Ru/c1-23(2)26-16-12-17-27(24(3)4)31(26)35-32(5,6)22-33(19-20-34)21-29(25-13-8-7-9-14-25)28-15-10-11-18-30(28)33;1-19-10-8-9-15-22(19)18-23(16-20-11-4-2-5-12-20)17-21-13-6-3-7-14-21;;/h7-18,23-24,29,35H,19-22H2,1-6H3;1-15H,16-18H2;1H;/q;;;+1/p-1. The van der Waals surface area contributed by atoms with Crippen LogP contribution in [0.15, 0.2) is 158 Å². The molecule has 0 spiro atoms. The summed E-state index contributed by atoms with van der Waals surface area (Å²) in [6.45, 7) is 16.7. The summed E-state index contributed by atoms with van der Waals surface area (Å²) in [5.74, 6) is 2.03. The van der Waals surface area contributed by atoms with Crippen molar-refractivity contribution in [2.45, 2.75) is 109 Å². The third kappa shape index (κ3) is 11.9. The van der Waals surface area contributed by atoms with Crippen LogP contribution in [0.5, 0.6) is 0 Å². The van der Waals surface area contributed by atoms with Gasteiger partial charge in [0.1, 0.15) is 0 Å². The van der Waals surface area contributed by atoms with Crippen LogP contribution in [0.2, 0.25) is 0 Å². The van der Waals surface area contributed by atoms with Crippen LogP contribution in [0.3, 0.4) is 0 Å². The fourth-order valence-corrected chi connectivity index (χ4v) is 10.9. The van der Waals surface area contributed by atoms with Gasteiger partial charge in [0, 0.05) is 23.0 Å². The van der Waals surface area contributed by atoms with E-state index in [1.807, 2.05) is 0 Å². The van der Waals surface area contributed by atoms with Crippen LogP contribution in [0.4, 0.5) is 5.69 Å². The molecule has 6 aromatic rings. The molecule has 2 unspecified atom stereocenters. The number of halogens is 2. The van der Waals surface area contributed by atoms with Crippen LogP contribution in [-0.4, -0.2) is 20.9 Å². The first-order valence-electron chi connectivity index (χ1n) is 21.6. The molecule has 0 saturated carbocycles. The molecule has 7 rings (SSSR count). The molecular formula is C55H63Cl2N2Ru. The van der Waals surface area contributed by atoms with E-state index >= 15 is 0 Å². The number of alkyl halides is 1. The Kier molecular flexibility index (Phi) is 16.6. The van der Waals surface area contributed by atoms with Gasteiger partial charge in [0.05, 0.1) is 0 Å². The molecule has 0 aromatic heterocycles. The van der Waals surface area contributed by atoms with Crippen molar-refractivity contribution in [3.63, 3.8) is 0 Å². The Morgan fingerprint density at radius 1 is 0.683 bits per heavy atom. The topological polar surface area (TPSA) is 15.3 Å². The van der Waals surface area contributed by atoms with Crippen molar-refractivity contribution >= 4 is 31.6 Å². The van der Waals surface area contributed by atoms with Gasteiger partial charge in [0.2, 0.25) is 0 Å². The molecular weight excluding hydrogens is 861 g/mol. The number of hydrogen-bond donors (Lipinski definition) is 1. The van der Waals surface area contributed by atoms with Crippen molar-refractivity contribution in [1.82, 2.24) is 4.90 Å². The zero-order chi connectivity index (χ0) is 42.5. The van der Waals surface area contributed by atoms with E-state index in [4.69, 9.17) is 21.3 Å². The number of fused-ring (bicyclic) bond motifs is 1. The predicted octanol–water partition coefficient (Wildman–Crippen LogP) is 14.9. The molecule has 60 heavy (non-hydrogen) atoms. The molecule has 315 valence electrons. The SMILES string of the molecule is CC(C)c1cccc(C(C)C)c1NC(C)(C)CC1(CCCl)CC(c2ccccc2)c2ccccc21.[Cl][Ru]=[CH]c1ccccc1CN(Cc1ccccc1)Cc1ccccc1. The Balaban J connectivity index is 0.000000213. The maximum atomic E-state index is 6.53. The first-order valence-corrected chi connectivity index (χ1v) is 25.3. The van der Waals surface area contributed by atoms with Crippen LogP contribution in [0.1, 0.15) is 129 Å². The number of hydrogen-bond acceptors (Lipinski definition) is 2. The first kappa shape index (κ1) is 45.7. The molecule has 0 saturated heterocycles. The van der Waals surface area contributed by atoms with E-state index in [0.29, 0.717) is 23.6 Å². The molecule has 0 radical (unpaired) electrons. The minimum absolute atomic E-state index is 0.0418. The second-order valence-electron chi connectivity index (χ2n) is 17.8. The monoisotopic (exact) mass is 923 g/mol. The van der Waals surface area contributed by atoms with Gasteiger partial charge in [-0.1, -0.05) is 100 Å². The molecule has 0 fully saturated rings. The Labute approximate surface area is 377 Å². The maximum absolute atomic E-state index is 6.53. The normalized spacial score (nSPS) is 16.4. The molecule has 0 aliphatic heterocycles. The predicted molar refractivity (Wildman–Crippen MR) is 257 cm³/mol. The van der Waals surface area contributed by atoms with E-state index in [9.17, 15) is 0 Å². The molecule has 2 nitrogen and oxygen atoms in total. The number of benzene rings is 6. The second kappa shape index (κ2) is 21.8. The van der Waals surface area contributed by atoms with Crippen LogP contribution >= 0.6 is 21.3 Å². The van der Waals surface area contributed by atoms with Crippen LogP contribution < -0.4 is 5.32 Å². The van der Waals surface area contributed by atoms with Crippen LogP contribution in [-0.2, 0) is 40.7 Å². The summed E-state index contributed by atoms with van der Waals surface area (Å²) < 4.78 is 2.17. The third-order valence-corrected chi connectivity index (χ3v) is 13.4. The van der Waals surface area contributed by atoms with Gasteiger partial charge in [-0.3, -0.25) is 0 Å². The van der Waals surface area contributed by atoms with E-state index in [-0.39, 0.29) is 26.6 Å². The van der Waals surface area contributed by atoms with Gasteiger partial charge in [-0.15, -0.1) is 11.6 Å². The Morgan fingerprint density at radius 3 is 1.78 bits per heavy atom. The zero-order valence-electron chi connectivity index (χ0n) is 36.3. The summed E-state index contributed by atoms with van der Waals surface area (Å²) in [6.07, 6.45) is 3.14. The zero-order valence-corrected chi connectivity index (χ0v) is 39.6.